The maximum atomic E-state index is 12.2. The Morgan fingerprint density at radius 1 is 1.50 bits per heavy atom. The van der Waals surface area contributed by atoms with Gasteiger partial charge in [-0.15, -0.1) is 0 Å². The highest BCUT2D eigenvalue weighted by molar-refractivity contribution is 5.68. The number of azide groups is 1. The quantitative estimate of drug-likeness (QED) is 0.446. The molecule has 0 bridgehead atoms. The zero-order chi connectivity index (χ0) is 15.4. The van der Waals surface area contributed by atoms with Gasteiger partial charge in [-0.25, -0.2) is 4.79 Å². The van der Waals surface area contributed by atoms with Crippen LogP contribution >= 0.6 is 0 Å². The van der Waals surface area contributed by atoms with Gasteiger partial charge in [0.15, 0.2) is 0 Å². The molecule has 0 aliphatic carbocycles. The fourth-order valence-corrected chi connectivity index (χ4v) is 2.60. The van der Waals surface area contributed by atoms with Crippen LogP contribution in [0.25, 0.3) is 10.4 Å². The molecule has 0 spiro atoms. The summed E-state index contributed by atoms with van der Waals surface area (Å²) >= 11 is 0. The van der Waals surface area contributed by atoms with Crippen LogP contribution < -0.4 is 0 Å². The number of carbonyl (C=O) groups is 1. The molecule has 0 radical (unpaired) electrons. The summed E-state index contributed by atoms with van der Waals surface area (Å²) in [7, 11) is 0. The van der Waals surface area contributed by atoms with E-state index in [1.807, 2.05) is 20.8 Å². The largest absolute Gasteiger partial charge is 0.444 e. The number of amides is 1. The van der Waals surface area contributed by atoms with Gasteiger partial charge in [-0.1, -0.05) is 19.0 Å². The minimum Gasteiger partial charge on any atom is -0.444 e. The summed E-state index contributed by atoms with van der Waals surface area (Å²) in [4.78, 5) is 16.8. The first-order valence-corrected chi connectivity index (χ1v) is 7.19. The maximum absolute atomic E-state index is 12.2. The molecule has 1 rings (SSSR count). The third-order valence-corrected chi connectivity index (χ3v) is 3.93. The predicted molar refractivity (Wildman–Crippen MR) is 78.3 cm³/mol. The second-order valence-electron chi connectivity index (χ2n) is 6.91. The number of piperidine rings is 1. The van der Waals surface area contributed by atoms with Gasteiger partial charge in [-0.2, -0.15) is 0 Å². The van der Waals surface area contributed by atoms with E-state index >= 15 is 0 Å². The van der Waals surface area contributed by atoms with E-state index in [-0.39, 0.29) is 11.5 Å². The molecule has 6 heteroatoms. The lowest BCUT2D eigenvalue weighted by Gasteiger charge is -2.45. The van der Waals surface area contributed by atoms with Gasteiger partial charge in [0.25, 0.3) is 0 Å². The number of rotatable bonds is 3. The average molecular weight is 282 g/mol. The molecule has 1 fully saturated rings. The molecule has 0 saturated carbocycles. The van der Waals surface area contributed by atoms with E-state index in [1.54, 1.807) is 4.90 Å². The van der Waals surface area contributed by atoms with Crippen molar-refractivity contribution in [2.45, 2.75) is 53.1 Å². The Hall–Kier alpha value is -1.42. The van der Waals surface area contributed by atoms with Crippen molar-refractivity contribution >= 4 is 6.09 Å². The summed E-state index contributed by atoms with van der Waals surface area (Å²) < 4.78 is 5.44. The molecular formula is C14H26N4O2. The lowest BCUT2D eigenvalue weighted by molar-refractivity contribution is -0.00328. The highest BCUT2D eigenvalue weighted by atomic mass is 16.6. The highest BCUT2D eigenvalue weighted by Crippen LogP contribution is 2.38. The smallest absolute Gasteiger partial charge is 0.410 e. The molecule has 0 aromatic rings. The summed E-state index contributed by atoms with van der Waals surface area (Å²) in [5.74, 6) is 0.346. The number of ether oxygens (including phenoxy) is 1. The van der Waals surface area contributed by atoms with E-state index in [1.165, 1.54) is 0 Å². The lowest BCUT2D eigenvalue weighted by atomic mass is 9.71. The molecule has 20 heavy (non-hydrogen) atoms. The first kappa shape index (κ1) is 16.6. The first-order valence-electron chi connectivity index (χ1n) is 7.19. The van der Waals surface area contributed by atoms with Crippen molar-refractivity contribution in [1.29, 1.82) is 0 Å². The number of likely N-dealkylation sites (tertiary alicyclic amines) is 1. The Labute approximate surface area is 121 Å². The summed E-state index contributed by atoms with van der Waals surface area (Å²) in [5, 5.41) is 3.76. The van der Waals surface area contributed by atoms with Crippen LogP contribution in [-0.4, -0.2) is 36.2 Å². The van der Waals surface area contributed by atoms with Crippen LogP contribution in [0.2, 0.25) is 0 Å². The van der Waals surface area contributed by atoms with Crippen molar-refractivity contribution < 1.29 is 9.53 Å². The van der Waals surface area contributed by atoms with E-state index in [9.17, 15) is 4.79 Å². The minimum absolute atomic E-state index is 0.138. The van der Waals surface area contributed by atoms with Gasteiger partial charge in [0.1, 0.15) is 5.60 Å². The van der Waals surface area contributed by atoms with Crippen molar-refractivity contribution in [3.63, 3.8) is 0 Å². The molecule has 1 unspecified atom stereocenters. The van der Waals surface area contributed by atoms with Crippen LogP contribution in [-0.2, 0) is 4.74 Å². The normalized spacial score (nSPS) is 23.4. The van der Waals surface area contributed by atoms with Crippen molar-refractivity contribution in [2.75, 3.05) is 19.6 Å². The Balaban J connectivity index is 2.82. The van der Waals surface area contributed by atoms with Gasteiger partial charge in [0.2, 0.25) is 0 Å². The third kappa shape index (κ3) is 4.30. The monoisotopic (exact) mass is 282 g/mol. The molecule has 1 atom stereocenters. The molecule has 0 N–H and O–H groups in total. The highest BCUT2D eigenvalue weighted by Gasteiger charge is 2.40. The molecule has 1 aliphatic heterocycles. The van der Waals surface area contributed by atoms with E-state index in [4.69, 9.17) is 10.3 Å². The third-order valence-electron chi connectivity index (χ3n) is 3.93. The zero-order valence-electron chi connectivity index (χ0n) is 13.2. The van der Waals surface area contributed by atoms with Crippen LogP contribution in [0.15, 0.2) is 5.11 Å². The van der Waals surface area contributed by atoms with Crippen LogP contribution in [0.1, 0.15) is 47.5 Å². The fourth-order valence-electron chi connectivity index (χ4n) is 2.60. The van der Waals surface area contributed by atoms with Crippen LogP contribution in [0.4, 0.5) is 4.79 Å². The second kappa shape index (κ2) is 6.35. The molecule has 1 saturated heterocycles. The number of nitrogens with zero attached hydrogens (tertiary/aromatic N) is 4. The molecule has 114 valence electrons. The van der Waals surface area contributed by atoms with E-state index in [2.05, 4.69) is 23.9 Å². The second-order valence-corrected chi connectivity index (χ2v) is 6.91. The number of carbonyl (C=O) groups excluding carboxylic acids is 1. The van der Waals surface area contributed by atoms with E-state index < -0.39 is 5.60 Å². The topological polar surface area (TPSA) is 78.3 Å². The summed E-state index contributed by atoms with van der Waals surface area (Å²) in [6, 6.07) is 0. The summed E-state index contributed by atoms with van der Waals surface area (Å²) in [5.41, 5.74) is 7.95. The molecule has 1 heterocycles. The maximum Gasteiger partial charge on any atom is 0.410 e. The lowest BCUT2D eigenvalue weighted by Crippen LogP contribution is -2.51. The SMILES string of the molecule is CC(C)C1(CN=[N+]=[N-])CCCN(C(=O)OC(C)(C)C)C1. The molecule has 0 aromatic carbocycles. The fraction of sp³-hybridized carbons (Fsp3) is 0.929. The molecule has 6 nitrogen and oxygen atoms in total. The van der Waals surface area contributed by atoms with Crippen molar-refractivity contribution in [3.05, 3.63) is 10.4 Å². The van der Waals surface area contributed by atoms with Crippen LogP contribution in [0.5, 0.6) is 0 Å². The van der Waals surface area contributed by atoms with Gasteiger partial charge in [-0.3, -0.25) is 0 Å². The molecule has 1 amide bonds. The summed E-state index contributed by atoms with van der Waals surface area (Å²) in [6.07, 6.45) is 1.62. The zero-order valence-corrected chi connectivity index (χ0v) is 13.2. The molecular weight excluding hydrogens is 256 g/mol. The van der Waals surface area contributed by atoms with Gasteiger partial charge in [0, 0.05) is 24.5 Å². The van der Waals surface area contributed by atoms with Crippen molar-refractivity contribution in [1.82, 2.24) is 4.90 Å². The van der Waals surface area contributed by atoms with Gasteiger partial charge in [-0.05, 0) is 50.5 Å². The Morgan fingerprint density at radius 3 is 2.65 bits per heavy atom. The van der Waals surface area contributed by atoms with E-state index in [0.29, 0.717) is 25.6 Å². The first-order chi connectivity index (χ1) is 9.20. The van der Waals surface area contributed by atoms with Gasteiger partial charge < -0.3 is 9.64 Å². The van der Waals surface area contributed by atoms with Crippen molar-refractivity contribution in [2.24, 2.45) is 16.4 Å². The van der Waals surface area contributed by atoms with Crippen molar-refractivity contribution in [3.8, 4) is 0 Å². The average Bonchev–Trinajstić information content (AvgIpc) is 2.34. The van der Waals surface area contributed by atoms with Crippen LogP contribution in [0, 0.1) is 11.3 Å². The molecule has 0 aromatic heterocycles. The Morgan fingerprint density at radius 2 is 2.15 bits per heavy atom. The van der Waals surface area contributed by atoms with Gasteiger partial charge >= 0.3 is 6.09 Å². The minimum atomic E-state index is -0.486. The number of hydrogen-bond donors (Lipinski definition) is 0. The number of hydrogen-bond acceptors (Lipinski definition) is 3. The van der Waals surface area contributed by atoms with E-state index in [0.717, 1.165) is 12.8 Å². The standard InChI is InChI=1S/C14H26N4O2/c1-11(2)14(9-16-17-15)7-6-8-18(10-14)12(19)20-13(3,4)5/h11H,6-10H2,1-5H3. The summed E-state index contributed by atoms with van der Waals surface area (Å²) in [6.45, 7) is 11.6. The van der Waals surface area contributed by atoms with Gasteiger partial charge in [0.05, 0.1) is 0 Å². The Kier molecular flexibility index (Phi) is 5.28. The Bertz CT molecular complexity index is 396. The molecule has 1 aliphatic rings. The van der Waals surface area contributed by atoms with Crippen LogP contribution in [0.3, 0.4) is 0 Å². The predicted octanol–water partition coefficient (Wildman–Crippen LogP) is 3.97.